The lowest BCUT2D eigenvalue weighted by atomic mass is 10.2. The lowest BCUT2D eigenvalue weighted by molar-refractivity contribution is 0.0698. The van der Waals surface area contributed by atoms with Crippen molar-refractivity contribution in [3.05, 3.63) is 52.7 Å². The van der Waals surface area contributed by atoms with Gasteiger partial charge in [-0.2, -0.15) is 0 Å². The summed E-state index contributed by atoms with van der Waals surface area (Å²) in [6.45, 7) is 0.590. The van der Waals surface area contributed by atoms with Crippen molar-refractivity contribution in [3.63, 3.8) is 0 Å². The van der Waals surface area contributed by atoms with Crippen LogP contribution in [0.1, 0.15) is 15.9 Å². The molecule has 0 aliphatic heterocycles. The van der Waals surface area contributed by atoms with Crippen molar-refractivity contribution >= 4 is 29.1 Å². The van der Waals surface area contributed by atoms with Gasteiger partial charge in [0, 0.05) is 18.6 Å². The minimum absolute atomic E-state index is 0.0537. The topological polar surface area (TPSA) is 79.5 Å². The quantitative estimate of drug-likeness (QED) is 0.905. The van der Waals surface area contributed by atoms with E-state index >= 15 is 0 Å². The summed E-state index contributed by atoms with van der Waals surface area (Å²) < 4.78 is 0. The summed E-state index contributed by atoms with van der Waals surface area (Å²) in [6, 6.07) is 8.91. The first-order valence-electron chi connectivity index (χ1n) is 5.92. The number of aromatic carboxylic acids is 1. The molecule has 0 bridgehead atoms. The standard InChI is InChI=1S/C14H14ClN3O2/c1-18(8-9-2-4-10(15)5-3-9)13-6-11(14(19)20)12(16)7-17-13/h2-7H,8,16H2,1H3,(H,19,20). The number of halogens is 1. The SMILES string of the molecule is CN(Cc1ccc(Cl)cc1)c1cc(C(=O)O)c(N)cn1. The van der Waals surface area contributed by atoms with Crippen molar-refractivity contribution in [1.29, 1.82) is 0 Å². The van der Waals surface area contributed by atoms with Crippen molar-refractivity contribution in [2.45, 2.75) is 6.54 Å². The number of hydrogen-bond acceptors (Lipinski definition) is 4. The van der Waals surface area contributed by atoms with E-state index in [1.807, 2.05) is 36.2 Å². The van der Waals surface area contributed by atoms with Gasteiger partial charge in [0.15, 0.2) is 0 Å². The van der Waals surface area contributed by atoms with Crippen LogP contribution in [-0.2, 0) is 6.54 Å². The number of nitrogens with zero attached hydrogens (tertiary/aromatic N) is 2. The third-order valence-corrected chi connectivity index (χ3v) is 3.13. The van der Waals surface area contributed by atoms with Crippen LogP contribution in [0.15, 0.2) is 36.5 Å². The Balaban J connectivity index is 2.20. The molecule has 5 nitrogen and oxygen atoms in total. The first kappa shape index (κ1) is 14.1. The highest BCUT2D eigenvalue weighted by Crippen LogP contribution is 2.19. The molecule has 0 saturated carbocycles. The molecule has 0 saturated heterocycles. The Morgan fingerprint density at radius 1 is 1.40 bits per heavy atom. The first-order chi connectivity index (χ1) is 9.47. The van der Waals surface area contributed by atoms with Gasteiger partial charge in [0.05, 0.1) is 17.4 Å². The number of aromatic nitrogens is 1. The number of carboxylic acid groups (broad SMARTS) is 1. The molecule has 0 fully saturated rings. The van der Waals surface area contributed by atoms with Gasteiger partial charge in [0.1, 0.15) is 5.82 Å². The number of anilines is 2. The van der Waals surface area contributed by atoms with Gasteiger partial charge in [-0.05, 0) is 23.8 Å². The smallest absolute Gasteiger partial charge is 0.337 e. The number of pyridine rings is 1. The van der Waals surface area contributed by atoms with E-state index in [-0.39, 0.29) is 11.3 Å². The minimum Gasteiger partial charge on any atom is -0.478 e. The van der Waals surface area contributed by atoms with Gasteiger partial charge in [0.25, 0.3) is 0 Å². The molecule has 2 rings (SSSR count). The van der Waals surface area contributed by atoms with E-state index in [2.05, 4.69) is 4.98 Å². The highest BCUT2D eigenvalue weighted by Gasteiger charge is 2.12. The maximum absolute atomic E-state index is 11.1. The molecule has 1 aromatic heterocycles. The molecule has 6 heteroatoms. The lowest BCUT2D eigenvalue weighted by Gasteiger charge is -2.19. The molecule has 0 amide bonds. The Kier molecular flexibility index (Phi) is 4.10. The number of carboxylic acids is 1. The van der Waals surface area contributed by atoms with Gasteiger partial charge in [-0.1, -0.05) is 23.7 Å². The zero-order valence-electron chi connectivity index (χ0n) is 10.9. The second-order valence-corrected chi connectivity index (χ2v) is 4.85. The van der Waals surface area contributed by atoms with Crippen LogP contribution in [0.25, 0.3) is 0 Å². The summed E-state index contributed by atoms with van der Waals surface area (Å²) in [5.74, 6) is -0.516. The van der Waals surface area contributed by atoms with Crippen molar-refractivity contribution in [1.82, 2.24) is 4.98 Å². The number of nitrogen functional groups attached to an aromatic ring is 1. The van der Waals surface area contributed by atoms with Crippen LogP contribution in [0.3, 0.4) is 0 Å². The van der Waals surface area contributed by atoms with Gasteiger partial charge in [-0.3, -0.25) is 0 Å². The molecule has 0 atom stereocenters. The number of benzene rings is 1. The molecule has 0 spiro atoms. The van der Waals surface area contributed by atoms with Gasteiger partial charge in [-0.25, -0.2) is 9.78 Å². The van der Waals surface area contributed by atoms with Crippen LogP contribution < -0.4 is 10.6 Å². The molecule has 20 heavy (non-hydrogen) atoms. The summed E-state index contributed by atoms with van der Waals surface area (Å²) >= 11 is 5.83. The van der Waals surface area contributed by atoms with Crippen molar-refractivity contribution < 1.29 is 9.90 Å². The summed E-state index contributed by atoms with van der Waals surface area (Å²) in [7, 11) is 1.83. The van der Waals surface area contributed by atoms with Gasteiger partial charge < -0.3 is 15.7 Å². The molecule has 2 aromatic rings. The predicted molar refractivity (Wildman–Crippen MR) is 79.2 cm³/mol. The molecule has 104 valence electrons. The van der Waals surface area contributed by atoms with Crippen molar-refractivity contribution in [2.75, 3.05) is 17.7 Å². The molecule has 1 aromatic carbocycles. The maximum atomic E-state index is 11.1. The lowest BCUT2D eigenvalue weighted by Crippen LogP contribution is -2.18. The fourth-order valence-electron chi connectivity index (χ4n) is 1.79. The second kappa shape index (κ2) is 5.79. The van der Waals surface area contributed by atoms with Crippen molar-refractivity contribution in [3.8, 4) is 0 Å². The Morgan fingerprint density at radius 3 is 2.65 bits per heavy atom. The van der Waals surface area contributed by atoms with E-state index in [4.69, 9.17) is 22.4 Å². The number of carbonyl (C=O) groups is 1. The largest absolute Gasteiger partial charge is 0.478 e. The minimum atomic E-state index is -1.06. The molecule has 0 unspecified atom stereocenters. The van der Waals surface area contributed by atoms with E-state index in [0.29, 0.717) is 17.4 Å². The maximum Gasteiger partial charge on any atom is 0.337 e. The molecule has 0 aliphatic carbocycles. The molecule has 3 N–H and O–H groups in total. The zero-order valence-corrected chi connectivity index (χ0v) is 11.6. The van der Waals surface area contributed by atoms with Gasteiger partial charge in [-0.15, -0.1) is 0 Å². The summed E-state index contributed by atoms with van der Waals surface area (Å²) in [4.78, 5) is 17.0. The highest BCUT2D eigenvalue weighted by atomic mass is 35.5. The van der Waals surface area contributed by atoms with E-state index in [1.54, 1.807) is 0 Å². The predicted octanol–water partition coefficient (Wildman–Crippen LogP) is 2.65. The molecule has 1 heterocycles. The Morgan fingerprint density at radius 2 is 2.05 bits per heavy atom. The van der Waals surface area contributed by atoms with Crippen LogP contribution in [0, 0.1) is 0 Å². The van der Waals surface area contributed by atoms with Gasteiger partial charge >= 0.3 is 5.97 Å². The van der Waals surface area contributed by atoms with Crippen LogP contribution >= 0.6 is 11.6 Å². The van der Waals surface area contributed by atoms with Crippen LogP contribution in [0.4, 0.5) is 11.5 Å². The van der Waals surface area contributed by atoms with E-state index in [1.165, 1.54) is 12.3 Å². The zero-order chi connectivity index (χ0) is 14.7. The Bertz CT molecular complexity index is 629. The molecule has 0 aliphatic rings. The average Bonchev–Trinajstić information content (AvgIpc) is 2.41. The molecule has 0 radical (unpaired) electrons. The Labute approximate surface area is 121 Å². The summed E-state index contributed by atoms with van der Waals surface area (Å²) in [5.41, 5.74) is 6.84. The first-order valence-corrected chi connectivity index (χ1v) is 6.29. The normalized spacial score (nSPS) is 10.3. The molecular formula is C14H14ClN3O2. The van der Waals surface area contributed by atoms with E-state index < -0.39 is 5.97 Å². The monoisotopic (exact) mass is 291 g/mol. The van der Waals surface area contributed by atoms with E-state index in [9.17, 15) is 4.79 Å². The average molecular weight is 292 g/mol. The van der Waals surface area contributed by atoms with Crippen LogP contribution in [0.2, 0.25) is 5.02 Å². The molecular weight excluding hydrogens is 278 g/mol. The van der Waals surface area contributed by atoms with Gasteiger partial charge in [0.2, 0.25) is 0 Å². The van der Waals surface area contributed by atoms with E-state index in [0.717, 1.165) is 5.56 Å². The van der Waals surface area contributed by atoms with Crippen molar-refractivity contribution in [2.24, 2.45) is 0 Å². The fraction of sp³-hybridized carbons (Fsp3) is 0.143. The van der Waals surface area contributed by atoms with Crippen LogP contribution in [0.5, 0.6) is 0 Å². The third kappa shape index (κ3) is 3.19. The highest BCUT2D eigenvalue weighted by molar-refractivity contribution is 6.30. The fourth-order valence-corrected chi connectivity index (χ4v) is 1.92. The Hall–Kier alpha value is -2.27. The number of nitrogens with two attached hydrogens (primary N) is 1. The number of rotatable bonds is 4. The number of hydrogen-bond donors (Lipinski definition) is 2. The summed E-state index contributed by atoms with van der Waals surface area (Å²) in [6.07, 6.45) is 1.36. The third-order valence-electron chi connectivity index (χ3n) is 2.87. The van der Waals surface area contributed by atoms with Crippen LogP contribution in [-0.4, -0.2) is 23.1 Å². The summed E-state index contributed by atoms with van der Waals surface area (Å²) in [5, 5.41) is 9.73. The second-order valence-electron chi connectivity index (χ2n) is 4.42.